The van der Waals surface area contributed by atoms with E-state index in [9.17, 15) is 4.79 Å². The molecule has 0 saturated carbocycles. The zero-order valence-corrected chi connectivity index (χ0v) is 15.1. The highest BCUT2D eigenvalue weighted by Gasteiger charge is 2.16. The average molecular weight is 356 g/mol. The van der Waals surface area contributed by atoms with E-state index in [2.05, 4.69) is 37.4 Å². The van der Waals surface area contributed by atoms with Gasteiger partial charge in [-0.1, -0.05) is 0 Å². The summed E-state index contributed by atoms with van der Waals surface area (Å²) in [7, 11) is 2.11. The summed E-state index contributed by atoms with van der Waals surface area (Å²) in [6.07, 6.45) is 3.25. The lowest BCUT2D eigenvalue weighted by Gasteiger charge is -2.32. The third-order valence-electron chi connectivity index (χ3n) is 4.11. The summed E-state index contributed by atoms with van der Waals surface area (Å²) in [5, 5.41) is 5.50. The van der Waals surface area contributed by atoms with Crippen LogP contribution >= 0.6 is 0 Å². The van der Waals surface area contributed by atoms with Crippen LogP contribution in [-0.2, 0) is 0 Å². The number of carbonyl (C=O) groups excluding carboxylic acids is 1. The Morgan fingerprint density at radius 1 is 1.04 bits per heavy atom. The number of hydrogen-bond acceptors (Lipinski definition) is 6. The molecule has 1 saturated heterocycles. The predicted molar refractivity (Wildman–Crippen MR) is 102 cm³/mol. The van der Waals surface area contributed by atoms with E-state index < -0.39 is 0 Å². The zero-order chi connectivity index (χ0) is 18.4. The first-order valence-electron chi connectivity index (χ1n) is 8.70. The molecule has 0 bridgehead atoms. The van der Waals surface area contributed by atoms with E-state index >= 15 is 0 Å². The Morgan fingerprint density at radius 3 is 2.27 bits per heavy atom. The van der Waals surface area contributed by atoms with Gasteiger partial charge in [-0.15, -0.1) is 0 Å². The van der Waals surface area contributed by atoms with Crippen molar-refractivity contribution in [2.24, 2.45) is 0 Å². The summed E-state index contributed by atoms with van der Waals surface area (Å²) in [4.78, 5) is 25.2. The molecule has 2 amide bonds. The van der Waals surface area contributed by atoms with Crippen molar-refractivity contribution >= 4 is 23.4 Å². The van der Waals surface area contributed by atoms with Crippen LogP contribution in [0, 0.1) is 0 Å². The molecule has 2 aromatic rings. The molecule has 0 atom stereocenters. The van der Waals surface area contributed by atoms with Crippen LogP contribution in [0.2, 0.25) is 0 Å². The smallest absolute Gasteiger partial charge is 0.323 e. The molecule has 2 N–H and O–H groups in total. The van der Waals surface area contributed by atoms with Crippen LogP contribution in [0.1, 0.15) is 6.92 Å². The van der Waals surface area contributed by atoms with Crippen LogP contribution in [0.3, 0.4) is 0 Å². The number of benzene rings is 1. The maximum absolute atomic E-state index is 12.1. The first-order valence-corrected chi connectivity index (χ1v) is 8.70. The topological polar surface area (TPSA) is 82.6 Å². The van der Waals surface area contributed by atoms with E-state index in [0.717, 1.165) is 31.9 Å². The van der Waals surface area contributed by atoms with Gasteiger partial charge >= 0.3 is 6.03 Å². The number of carbonyl (C=O) groups is 1. The molecule has 1 aromatic heterocycles. The fourth-order valence-corrected chi connectivity index (χ4v) is 2.65. The van der Waals surface area contributed by atoms with Crippen molar-refractivity contribution in [1.29, 1.82) is 0 Å². The molecule has 26 heavy (non-hydrogen) atoms. The molecular weight excluding hydrogens is 332 g/mol. The number of amides is 2. The molecule has 1 aromatic carbocycles. The van der Waals surface area contributed by atoms with Gasteiger partial charge < -0.3 is 25.2 Å². The van der Waals surface area contributed by atoms with Crippen molar-refractivity contribution in [2.45, 2.75) is 6.92 Å². The first kappa shape index (κ1) is 17.9. The minimum atomic E-state index is -0.342. The monoisotopic (exact) mass is 356 g/mol. The van der Waals surface area contributed by atoms with Crippen LogP contribution < -0.4 is 20.3 Å². The lowest BCUT2D eigenvalue weighted by atomic mass is 10.3. The van der Waals surface area contributed by atoms with Crippen molar-refractivity contribution < 1.29 is 9.53 Å². The van der Waals surface area contributed by atoms with E-state index in [1.165, 1.54) is 0 Å². The molecule has 0 radical (unpaired) electrons. The number of urea groups is 1. The quantitative estimate of drug-likeness (QED) is 0.855. The molecule has 0 spiro atoms. The fourth-order valence-electron chi connectivity index (χ4n) is 2.65. The first-order chi connectivity index (χ1) is 12.6. The SMILES string of the molecule is CCOc1ccc(NC(=O)Nc2cnc(N3CCN(C)CC3)nc2)cc1. The fraction of sp³-hybridized carbons (Fsp3) is 0.389. The van der Waals surface area contributed by atoms with Crippen LogP contribution in [0.5, 0.6) is 5.75 Å². The van der Waals surface area contributed by atoms with Crippen LogP contribution in [-0.4, -0.2) is 60.7 Å². The molecule has 1 fully saturated rings. The van der Waals surface area contributed by atoms with Crippen molar-refractivity contribution in [3.8, 4) is 5.75 Å². The third-order valence-corrected chi connectivity index (χ3v) is 4.11. The number of ether oxygens (including phenoxy) is 1. The largest absolute Gasteiger partial charge is 0.494 e. The normalized spacial score (nSPS) is 14.8. The van der Waals surface area contributed by atoms with E-state index in [1.807, 2.05) is 19.1 Å². The molecule has 0 unspecified atom stereocenters. The summed E-state index contributed by atoms with van der Waals surface area (Å²) in [5.41, 5.74) is 1.23. The summed E-state index contributed by atoms with van der Waals surface area (Å²) in [6, 6.07) is 6.86. The Kier molecular flexibility index (Phi) is 5.85. The molecule has 1 aliphatic rings. The highest BCUT2D eigenvalue weighted by Crippen LogP contribution is 2.16. The Labute approximate surface area is 153 Å². The molecule has 0 aliphatic carbocycles. The Balaban J connectivity index is 1.52. The second kappa shape index (κ2) is 8.48. The van der Waals surface area contributed by atoms with Crippen molar-refractivity contribution in [3.63, 3.8) is 0 Å². The van der Waals surface area contributed by atoms with Crippen molar-refractivity contribution in [3.05, 3.63) is 36.7 Å². The van der Waals surface area contributed by atoms with E-state index in [1.54, 1.807) is 24.5 Å². The number of nitrogens with one attached hydrogen (secondary N) is 2. The lowest BCUT2D eigenvalue weighted by molar-refractivity contribution is 0.262. The van der Waals surface area contributed by atoms with Gasteiger partial charge in [0.15, 0.2) is 0 Å². The highest BCUT2D eigenvalue weighted by atomic mass is 16.5. The Morgan fingerprint density at radius 2 is 1.65 bits per heavy atom. The van der Waals surface area contributed by atoms with Gasteiger partial charge in [0, 0.05) is 31.9 Å². The number of nitrogens with zero attached hydrogens (tertiary/aromatic N) is 4. The number of piperazine rings is 1. The van der Waals surface area contributed by atoms with Crippen LogP contribution in [0.25, 0.3) is 0 Å². The van der Waals surface area contributed by atoms with Gasteiger partial charge in [0.25, 0.3) is 0 Å². The molecule has 1 aliphatic heterocycles. The second-order valence-corrected chi connectivity index (χ2v) is 6.10. The molecule has 8 heteroatoms. The van der Waals surface area contributed by atoms with Gasteiger partial charge in [0.1, 0.15) is 5.75 Å². The Bertz CT molecular complexity index is 711. The number of rotatable bonds is 5. The second-order valence-electron chi connectivity index (χ2n) is 6.10. The summed E-state index contributed by atoms with van der Waals surface area (Å²) >= 11 is 0. The van der Waals surface area contributed by atoms with Gasteiger partial charge in [-0.3, -0.25) is 0 Å². The number of likely N-dealkylation sites (N-methyl/N-ethyl adjacent to an activating group) is 1. The standard InChI is InChI=1S/C18H24N6O2/c1-3-26-16-6-4-14(5-7-16)21-18(25)22-15-12-19-17(20-13-15)24-10-8-23(2)9-11-24/h4-7,12-13H,3,8-11H2,1-2H3,(H2,21,22,25). The maximum atomic E-state index is 12.1. The molecular formula is C18H24N6O2. The lowest BCUT2D eigenvalue weighted by Crippen LogP contribution is -2.45. The summed E-state index contributed by atoms with van der Waals surface area (Å²) in [5.74, 6) is 1.46. The van der Waals surface area contributed by atoms with E-state index in [4.69, 9.17) is 4.74 Å². The van der Waals surface area contributed by atoms with Crippen LogP contribution in [0.4, 0.5) is 22.1 Å². The van der Waals surface area contributed by atoms with Gasteiger partial charge in [0.2, 0.25) is 5.95 Å². The molecule has 138 valence electrons. The van der Waals surface area contributed by atoms with Crippen LogP contribution in [0.15, 0.2) is 36.7 Å². The van der Waals surface area contributed by atoms with E-state index in [0.29, 0.717) is 23.9 Å². The Hall–Kier alpha value is -2.87. The molecule has 3 rings (SSSR count). The molecule has 8 nitrogen and oxygen atoms in total. The highest BCUT2D eigenvalue weighted by molar-refractivity contribution is 5.99. The van der Waals surface area contributed by atoms with Crippen molar-refractivity contribution in [2.75, 3.05) is 55.4 Å². The summed E-state index contributed by atoms with van der Waals surface area (Å²) in [6.45, 7) is 6.33. The maximum Gasteiger partial charge on any atom is 0.323 e. The minimum absolute atomic E-state index is 0.342. The summed E-state index contributed by atoms with van der Waals surface area (Å²) < 4.78 is 5.38. The number of anilines is 3. The van der Waals surface area contributed by atoms with E-state index in [-0.39, 0.29) is 6.03 Å². The third kappa shape index (κ3) is 4.82. The minimum Gasteiger partial charge on any atom is -0.494 e. The van der Waals surface area contributed by atoms with Gasteiger partial charge in [0.05, 0.1) is 24.7 Å². The number of hydrogen-bond donors (Lipinski definition) is 2. The average Bonchev–Trinajstić information content (AvgIpc) is 2.65. The van der Waals surface area contributed by atoms with Gasteiger partial charge in [-0.05, 0) is 38.2 Å². The van der Waals surface area contributed by atoms with Crippen molar-refractivity contribution in [1.82, 2.24) is 14.9 Å². The zero-order valence-electron chi connectivity index (χ0n) is 15.1. The van der Waals surface area contributed by atoms with Gasteiger partial charge in [-0.2, -0.15) is 0 Å². The van der Waals surface area contributed by atoms with Gasteiger partial charge in [-0.25, -0.2) is 14.8 Å². The molecule has 2 heterocycles. The predicted octanol–water partition coefficient (Wildman–Crippen LogP) is 2.27. The number of aromatic nitrogens is 2.